The van der Waals surface area contributed by atoms with Crippen LogP contribution in [0.1, 0.15) is 25.0 Å². The third-order valence-electron chi connectivity index (χ3n) is 2.75. The van der Waals surface area contributed by atoms with E-state index in [0.29, 0.717) is 11.0 Å². The van der Waals surface area contributed by atoms with E-state index < -0.39 is 0 Å². The zero-order chi connectivity index (χ0) is 11.5. The number of nitrogens with zero attached hydrogens (tertiary/aromatic N) is 2. The van der Waals surface area contributed by atoms with Crippen LogP contribution in [0.2, 0.25) is 0 Å². The van der Waals surface area contributed by atoms with Crippen molar-refractivity contribution >= 4 is 23.0 Å². The molecule has 1 aliphatic rings. The summed E-state index contributed by atoms with van der Waals surface area (Å²) in [7, 11) is 0. The van der Waals surface area contributed by atoms with Gasteiger partial charge in [0, 0.05) is 24.7 Å². The number of hydrogen-bond acceptors (Lipinski definition) is 3. The number of rotatable bonds is 5. The van der Waals surface area contributed by atoms with Crippen molar-refractivity contribution in [2.75, 3.05) is 11.4 Å². The molecule has 1 heterocycles. The summed E-state index contributed by atoms with van der Waals surface area (Å²) < 4.78 is 0. The first-order valence-electron chi connectivity index (χ1n) is 5.65. The molecule has 2 N–H and O–H groups in total. The van der Waals surface area contributed by atoms with Gasteiger partial charge >= 0.3 is 0 Å². The molecule has 0 amide bonds. The lowest BCUT2D eigenvalue weighted by Crippen LogP contribution is -2.30. The molecule has 16 heavy (non-hydrogen) atoms. The smallest absolute Gasteiger partial charge is 0.129 e. The lowest BCUT2D eigenvalue weighted by atomic mass is 10.3. The first-order chi connectivity index (χ1) is 7.66. The molecule has 0 radical (unpaired) electrons. The summed E-state index contributed by atoms with van der Waals surface area (Å²) >= 11 is 4.93. The van der Waals surface area contributed by atoms with Crippen molar-refractivity contribution < 1.29 is 0 Å². The molecule has 1 aromatic heterocycles. The fraction of sp³-hybridized carbons (Fsp3) is 0.500. The molecule has 4 heteroatoms. The lowest BCUT2D eigenvalue weighted by molar-refractivity contribution is 0.783. The van der Waals surface area contributed by atoms with Crippen LogP contribution in [0.5, 0.6) is 0 Å². The molecule has 3 nitrogen and oxygen atoms in total. The zero-order valence-corrected chi connectivity index (χ0v) is 10.3. The van der Waals surface area contributed by atoms with Crippen molar-refractivity contribution in [3.05, 3.63) is 23.9 Å². The number of pyridine rings is 1. The Balaban J connectivity index is 2.09. The quantitative estimate of drug-likeness (QED) is 0.793. The molecule has 0 spiro atoms. The Labute approximate surface area is 102 Å². The first-order valence-corrected chi connectivity index (χ1v) is 6.06. The van der Waals surface area contributed by atoms with Gasteiger partial charge in [-0.2, -0.15) is 0 Å². The maximum Gasteiger partial charge on any atom is 0.129 e. The summed E-state index contributed by atoms with van der Waals surface area (Å²) in [6, 6.07) is 6.77. The molecular formula is C12H17N3S. The number of aromatic nitrogens is 1. The van der Waals surface area contributed by atoms with E-state index in [1.165, 1.54) is 12.8 Å². The molecule has 1 saturated carbocycles. The van der Waals surface area contributed by atoms with Crippen molar-refractivity contribution in [3.63, 3.8) is 0 Å². The Kier molecular flexibility index (Phi) is 3.39. The molecular weight excluding hydrogens is 218 g/mol. The number of thiocarbonyl (C=S) groups is 1. The van der Waals surface area contributed by atoms with Gasteiger partial charge in [-0.3, -0.25) is 0 Å². The summed E-state index contributed by atoms with van der Waals surface area (Å²) in [6.45, 7) is 2.90. The third kappa shape index (κ3) is 2.92. The Morgan fingerprint density at radius 2 is 2.31 bits per heavy atom. The van der Waals surface area contributed by atoms with Crippen LogP contribution >= 0.6 is 12.2 Å². The molecule has 0 atom stereocenters. The summed E-state index contributed by atoms with van der Waals surface area (Å²) in [6.07, 6.45) is 3.28. The molecule has 1 aliphatic carbocycles. The highest BCUT2D eigenvalue weighted by molar-refractivity contribution is 7.80. The van der Waals surface area contributed by atoms with Crippen LogP contribution in [-0.4, -0.2) is 22.6 Å². The summed E-state index contributed by atoms with van der Waals surface area (Å²) in [5.41, 5.74) is 6.61. The standard InChI is InChI=1S/C12H17N3S/c1-9-3-2-4-12(14-9)15(10-5-6-10)8-7-11(13)16/h2-4,10H,5-8H2,1H3,(H2,13,16). The maximum atomic E-state index is 5.55. The SMILES string of the molecule is Cc1cccc(N(CCC(N)=S)C2CC2)n1. The van der Waals surface area contributed by atoms with Crippen molar-refractivity contribution in [1.82, 2.24) is 4.98 Å². The van der Waals surface area contributed by atoms with Crippen molar-refractivity contribution in [1.29, 1.82) is 0 Å². The minimum Gasteiger partial charge on any atom is -0.393 e. The fourth-order valence-electron chi connectivity index (χ4n) is 1.79. The van der Waals surface area contributed by atoms with Crippen molar-refractivity contribution in [2.24, 2.45) is 5.73 Å². The molecule has 0 bridgehead atoms. The minimum absolute atomic E-state index is 0.582. The Bertz CT molecular complexity index is 388. The third-order valence-corrected chi connectivity index (χ3v) is 2.96. The van der Waals surface area contributed by atoms with Gasteiger partial charge in [0.25, 0.3) is 0 Å². The Morgan fingerprint density at radius 1 is 1.56 bits per heavy atom. The highest BCUT2D eigenvalue weighted by Crippen LogP contribution is 2.30. The van der Waals surface area contributed by atoms with Gasteiger partial charge in [0.2, 0.25) is 0 Å². The zero-order valence-electron chi connectivity index (χ0n) is 9.52. The predicted octanol–water partition coefficient (Wildman–Crippen LogP) is 2.04. The average molecular weight is 235 g/mol. The number of aryl methyl sites for hydroxylation is 1. The van der Waals surface area contributed by atoms with E-state index in [9.17, 15) is 0 Å². The van der Waals surface area contributed by atoms with Gasteiger partial charge in [0.05, 0.1) is 4.99 Å². The summed E-state index contributed by atoms with van der Waals surface area (Å²) in [5.74, 6) is 1.05. The van der Waals surface area contributed by atoms with Gasteiger partial charge in [0.15, 0.2) is 0 Å². The van der Waals surface area contributed by atoms with E-state index in [-0.39, 0.29) is 0 Å². The van der Waals surface area contributed by atoms with Gasteiger partial charge in [0.1, 0.15) is 5.82 Å². The molecule has 0 unspecified atom stereocenters. The summed E-state index contributed by atoms with van der Waals surface area (Å²) in [5, 5.41) is 0. The second kappa shape index (κ2) is 4.78. The van der Waals surface area contributed by atoms with Gasteiger partial charge in [-0.15, -0.1) is 0 Å². The molecule has 2 rings (SSSR count). The fourth-order valence-corrected chi connectivity index (χ4v) is 1.88. The topological polar surface area (TPSA) is 42.1 Å². The average Bonchev–Trinajstić information content (AvgIpc) is 3.02. The van der Waals surface area contributed by atoms with Crippen LogP contribution < -0.4 is 10.6 Å². The van der Waals surface area contributed by atoms with Gasteiger partial charge in [-0.25, -0.2) is 4.98 Å². The number of nitrogens with two attached hydrogens (primary N) is 1. The Hall–Kier alpha value is -1.16. The van der Waals surface area contributed by atoms with Crippen molar-refractivity contribution in [2.45, 2.75) is 32.2 Å². The van der Waals surface area contributed by atoms with Crippen LogP contribution in [0, 0.1) is 6.92 Å². The van der Waals surface area contributed by atoms with Crippen LogP contribution in [0.3, 0.4) is 0 Å². The minimum atomic E-state index is 0.582. The molecule has 0 aliphatic heterocycles. The maximum absolute atomic E-state index is 5.55. The molecule has 1 aromatic rings. The van der Waals surface area contributed by atoms with Crippen LogP contribution in [0.25, 0.3) is 0 Å². The predicted molar refractivity (Wildman–Crippen MR) is 70.7 cm³/mol. The van der Waals surface area contributed by atoms with Crippen LogP contribution in [-0.2, 0) is 0 Å². The highest BCUT2D eigenvalue weighted by atomic mass is 32.1. The van der Waals surface area contributed by atoms with E-state index in [0.717, 1.165) is 24.5 Å². The number of hydrogen-bond donors (Lipinski definition) is 1. The number of anilines is 1. The normalized spacial score (nSPS) is 14.8. The second-order valence-corrected chi connectivity index (χ2v) is 4.80. The molecule has 1 fully saturated rings. The van der Waals surface area contributed by atoms with Gasteiger partial charge in [-0.1, -0.05) is 18.3 Å². The Morgan fingerprint density at radius 3 is 2.88 bits per heavy atom. The van der Waals surface area contributed by atoms with Gasteiger partial charge < -0.3 is 10.6 Å². The lowest BCUT2D eigenvalue weighted by Gasteiger charge is -2.23. The van der Waals surface area contributed by atoms with Crippen LogP contribution in [0.4, 0.5) is 5.82 Å². The largest absolute Gasteiger partial charge is 0.393 e. The van der Waals surface area contributed by atoms with E-state index in [1.807, 2.05) is 19.1 Å². The van der Waals surface area contributed by atoms with Gasteiger partial charge in [-0.05, 0) is 31.9 Å². The highest BCUT2D eigenvalue weighted by Gasteiger charge is 2.29. The van der Waals surface area contributed by atoms with E-state index in [2.05, 4.69) is 16.0 Å². The van der Waals surface area contributed by atoms with Crippen molar-refractivity contribution in [3.8, 4) is 0 Å². The van der Waals surface area contributed by atoms with E-state index in [4.69, 9.17) is 18.0 Å². The molecule has 0 saturated heterocycles. The second-order valence-electron chi connectivity index (χ2n) is 4.28. The van der Waals surface area contributed by atoms with Crippen LogP contribution in [0.15, 0.2) is 18.2 Å². The summed E-state index contributed by atoms with van der Waals surface area (Å²) in [4.78, 5) is 7.46. The van der Waals surface area contributed by atoms with E-state index in [1.54, 1.807) is 0 Å². The molecule has 86 valence electrons. The monoisotopic (exact) mass is 235 g/mol. The first kappa shape index (κ1) is 11.3. The van der Waals surface area contributed by atoms with E-state index >= 15 is 0 Å². The molecule has 0 aromatic carbocycles.